The number of thiophene rings is 1. The van der Waals surface area contributed by atoms with Gasteiger partial charge in [-0.3, -0.25) is 0 Å². The molecule has 7 nitrogen and oxygen atoms in total. The Morgan fingerprint density at radius 1 is 0.282 bits per heavy atom. The first-order chi connectivity index (χ1) is 73.6. The minimum atomic E-state index is 0.491. The topological polar surface area (TPSA) is 51.3 Å². The highest BCUT2D eigenvalue weighted by atomic mass is 32.2. The molecule has 149 heavy (non-hydrogen) atoms. The highest BCUT2D eigenvalue weighted by Crippen LogP contribution is 2.42. The highest BCUT2D eigenvalue weighted by Gasteiger charge is 2.20. The summed E-state index contributed by atoms with van der Waals surface area (Å²) in [5.74, 6) is 4.50. The van der Waals surface area contributed by atoms with E-state index in [9.17, 15) is 0 Å². The van der Waals surface area contributed by atoms with Crippen LogP contribution in [0.2, 0.25) is 0 Å². The maximum atomic E-state index is 5.78. The van der Waals surface area contributed by atoms with Gasteiger partial charge in [0.1, 0.15) is 34.2 Å². The number of hydrogen-bond acceptors (Lipinski definition) is 6. The van der Waals surface area contributed by atoms with E-state index in [-0.39, 0.29) is 0 Å². The van der Waals surface area contributed by atoms with E-state index >= 15 is 0 Å². The van der Waals surface area contributed by atoms with Gasteiger partial charge in [-0.05, 0) is 214 Å². The van der Waals surface area contributed by atoms with E-state index in [1.165, 1.54) is 199 Å². The Hall–Kier alpha value is -16.1. The molecule has 8 heterocycles. The average Bonchev–Trinajstić information content (AvgIpc) is 1.60. The number of rotatable bonds is 15. The maximum absolute atomic E-state index is 5.78. The summed E-state index contributed by atoms with van der Waals surface area (Å²) in [5, 5.41) is 16.1. The third-order valence-electron chi connectivity index (χ3n) is 27.3. The molecule has 20 aromatic carbocycles. The molecule has 2 aliphatic rings. The molecule has 0 saturated heterocycles. The Balaban J connectivity index is 0.000000104. The van der Waals surface area contributed by atoms with Crippen molar-refractivity contribution in [3.8, 4) is 23.0 Å². The van der Waals surface area contributed by atoms with Crippen molar-refractivity contribution >= 4 is 164 Å². The second kappa shape index (κ2) is 50.8. The fraction of sp³-hybridized carbons (Fsp3) is 0.137. The zero-order chi connectivity index (χ0) is 102. The van der Waals surface area contributed by atoms with Crippen molar-refractivity contribution in [2.75, 3.05) is 0 Å². The molecule has 0 N–H and O–H groups in total. The van der Waals surface area contributed by atoms with Crippen LogP contribution in [0.4, 0.5) is 0 Å². The van der Waals surface area contributed by atoms with Gasteiger partial charge in [-0.1, -0.05) is 434 Å². The monoisotopic (exact) mass is 1990 g/mol. The van der Waals surface area contributed by atoms with E-state index in [4.69, 9.17) is 13.9 Å². The fourth-order valence-electron chi connectivity index (χ4n) is 20.0. The lowest BCUT2D eigenvalue weighted by Gasteiger charge is -2.19. The SMILES string of the molecule is CC(C)n1c2ccccc2c2ccccc21.CCCCC(CC)Cn1c2ccccc2c2ccccc21.CCCCn1c2ccccc2c2ccccc21.CCn1c2ccccc2c2ccccc21.c1ccc(Oc2ccccc2)cc1.c1ccc(Sc2ccccc2)cc1.c1ccc2c(c1)Cc1ccccc1O2.c1ccc2c(c1)Cc1ccccc1S2.c1ccc2c(c1)oc1ccccc12.c1ccc2c(c1)sc1ccccc12. The summed E-state index contributed by atoms with van der Waals surface area (Å²) >= 11 is 5.53. The van der Waals surface area contributed by atoms with Crippen molar-refractivity contribution in [2.24, 2.45) is 5.92 Å². The Kier molecular flexibility index (Phi) is 34.6. The molecule has 0 aliphatic carbocycles. The molecule has 0 amide bonds. The first kappa shape index (κ1) is 102. The molecular weight excluding hydrogens is 1870 g/mol. The van der Waals surface area contributed by atoms with E-state index in [1.807, 2.05) is 157 Å². The Labute approximate surface area is 888 Å². The molecule has 26 aromatic rings. The number of nitrogens with zero attached hydrogens (tertiary/aromatic N) is 4. The van der Waals surface area contributed by atoms with Crippen LogP contribution in [0, 0.1) is 5.92 Å². The molecule has 28 rings (SSSR count). The number of ether oxygens (including phenoxy) is 2. The quantitative estimate of drug-likeness (QED) is 0.102. The predicted molar refractivity (Wildman–Crippen MR) is 641 cm³/mol. The van der Waals surface area contributed by atoms with Gasteiger partial charge in [0.05, 0.1) is 0 Å². The largest absolute Gasteiger partial charge is 0.457 e. The molecule has 0 spiro atoms. The van der Waals surface area contributed by atoms with E-state index in [0.29, 0.717) is 6.04 Å². The van der Waals surface area contributed by atoms with Crippen LogP contribution < -0.4 is 9.47 Å². The predicted octanol–water partition coefficient (Wildman–Crippen LogP) is 40.9. The number of furan rings is 1. The van der Waals surface area contributed by atoms with Gasteiger partial charge in [-0.2, -0.15) is 0 Å². The van der Waals surface area contributed by atoms with Crippen molar-refractivity contribution in [3.63, 3.8) is 0 Å². The zero-order valence-electron chi connectivity index (χ0n) is 85.7. The lowest BCUT2D eigenvalue weighted by Crippen LogP contribution is -2.10. The van der Waals surface area contributed by atoms with Crippen LogP contribution >= 0.6 is 34.9 Å². The first-order valence-corrected chi connectivity index (χ1v) is 54.9. The van der Waals surface area contributed by atoms with Crippen LogP contribution in [0.25, 0.3) is 129 Å². The molecule has 0 saturated carbocycles. The normalized spacial score (nSPS) is 11.6. The van der Waals surface area contributed by atoms with Gasteiger partial charge in [0.2, 0.25) is 0 Å². The number of aromatic nitrogens is 4. The van der Waals surface area contributed by atoms with Gasteiger partial charge >= 0.3 is 0 Å². The summed E-state index contributed by atoms with van der Waals surface area (Å²) in [4.78, 5) is 5.39. The summed E-state index contributed by atoms with van der Waals surface area (Å²) in [5.41, 5.74) is 18.2. The minimum Gasteiger partial charge on any atom is -0.457 e. The molecule has 0 radical (unpaired) electrons. The molecule has 1 unspecified atom stereocenters. The third kappa shape index (κ3) is 24.8. The van der Waals surface area contributed by atoms with Crippen LogP contribution in [-0.2, 0) is 32.5 Å². The number of aryl methyl sites for hydroxylation is 2. The maximum Gasteiger partial charge on any atom is 0.135 e. The van der Waals surface area contributed by atoms with Crippen molar-refractivity contribution in [1.29, 1.82) is 0 Å². The molecule has 0 bridgehead atoms. The summed E-state index contributed by atoms with van der Waals surface area (Å²) in [6.45, 7) is 16.8. The van der Waals surface area contributed by atoms with Crippen molar-refractivity contribution in [2.45, 2.75) is 138 Å². The number of para-hydroxylation sites is 14. The van der Waals surface area contributed by atoms with Gasteiger partial charge in [-0.15, -0.1) is 11.3 Å². The number of hydrogen-bond donors (Lipinski definition) is 0. The van der Waals surface area contributed by atoms with Crippen molar-refractivity contribution in [3.05, 3.63) is 532 Å². The summed E-state index contributed by atoms with van der Waals surface area (Å²) in [6.07, 6.45) is 9.78. The lowest BCUT2D eigenvalue weighted by atomic mass is 9.99. The summed E-state index contributed by atoms with van der Waals surface area (Å²) in [7, 11) is 0. The van der Waals surface area contributed by atoms with E-state index in [0.717, 1.165) is 72.6 Å². The second-order valence-corrected chi connectivity index (χ2v) is 40.8. The van der Waals surface area contributed by atoms with Gasteiger partial charge in [0.25, 0.3) is 0 Å². The van der Waals surface area contributed by atoms with Crippen LogP contribution in [0.15, 0.2) is 534 Å². The molecule has 6 aromatic heterocycles. The van der Waals surface area contributed by atoms with Gasteiger partial charge in [0, 0.05) is 170 Å². The van der Waals surface area contributed by atoms with Crippen molar-refractivity contribution < 1.29 is 13.9 Å². The van der Waals surface area contributed by atoms with E-state index < -0.39 is 0 Å². The molecule has 738 valence electrons. The molecule has 10 heteroatoms. The van der Waals surface area contributed by atoms with Gasteiger partial charge in [-0.25, -0.2) is 0 Å². The summed E-state index contributed by atoms with van der Waals surface area (Å²) < 4.78 is 29.5. The Morgan fingerprint density at radius 2 is 0.584 bits per heavy atom. The number of fused-ring (bicyclic) bond motifs is 22. The van der Waals surface area contributed by atoms with E-state index in [1.54, 1.807) is 11.8 Å². The van der Waals surface area contributed by atoms with Crippen LogP contribution in [0.1, 0.15) is 108 Å². The van der Waals surface area contributed by atoms with Gasteiger partial charge < -0.3 is 32.2 Å². The average molecular weight is 2000 g/mol. The fourth-order valence-corrected chi connectivity index (χ4v) is 23.0. The van der Waals surface area contributed by atoms with E-state index in [2.05, 4.69) is 436 Å². The van der Waals surface area contributed by atoms with Crippen LogP contribution in [0.3, 0.4) is 0 Å². The Morgan fingerprint density at radius 3 is 0.966 bits per heavy atom. The number of benzene rings is 20. The van der Waals surface area contributed by atoms with Crippen LogP contribution in [-0.4, -0.2) is 18.3 Å². The first-order valence-electron chi connectivity index (χ1n) is 52.4. The molecule has 2 aliphatic heterocycles. The molecular formula is C139H126N4O3S3. The van der Waals surface area contributed by atoms with Crippen molar-refractivity contribution in [1.82, 2.24) is 18.3 Å². The highest BCUT2D eigenvalue weighted by molar-refractivity contribution is 7.99. The second-order valence-electron chi connectivity index (χ2n) is 37.5. The van der Waals surface area contributed by atoms with Gasteiger partial charge in [0.15, 0.2) is 0 Å². The minimum absolute atomic E-state index is 0.491. The summed E-state index contributed by atoms with van der Waals surface area (Å²) in [6, 6.07) is 177. The Bertz CT molecular complexity index is 7980. The lowest BCUT2D eigenvalue weighted by molar-refractivity contribution is 0.401. The van der Waals surface area contributed by atoms with Crippen LogP contribution in [0.5, 0.6) is 23.0 Å². The zero-order valence-corrected chi connectivity index (χ0v) is 88.1. The molecule has 1 atom stereocenters. The third-order valence-corrected chi connectivity index (χ3v) is 30.7. The molecule has 0 fully saturated rings. The number of unbranched alkanes of at least 4 members (excludes halogenated alkanes) is 2. The smallest absolute Gasteiger partial charge is 0.135 e. The standard InChI is InChI=1S/C20H25N.C16H17N.C15H15N.C14H13N.C13H10O.C13H10S.C12H8O.C12H10O.C12H8S.C12H10S/c1-3-5-10-16(4-2)15-21-19-13-8-6-11-17(19)18-12-7-9-14-20(18)21;1-2-3-12-17-15-10-6-4-8-13(15)14-9-5-7-11-16(14)17;1-11(2)16-14-9-5-3-7-12(14)13-8-4-6-10-15(13)16;1-2-15-13-9-5-3-7-11(13)12-8-4-6-10-14(12)15;2*1-3-7-12-10(5-1)9-11-6-2-4-8-13(11)14-12;1-3-7-11-9(5-1)10-6-2-4-8-12(10)13-11;1-3-7-11(8-4-1)13-12-9-5-2-6-10-12;1-3-7-11-9(5-1)10-6-2-4-8-12(10)13-11;1-3-7-11(8-4-1)13-12-9-5-2-6-10-12/h6-9,11-14,16H,3-5,10,15H2,1-2H3;4-11H,2-3,12H2,1H3;3-11H,1-2H3;3-10H,2H2,1H3;2*1-8H,9H2;1-8H;1-10H;1-8H;1-10H.